The van der Waals surface area contributed by atoms with Crippen molar-refractivity contribution in [3.05, 3.63) is 59.7 Å². The molecule has 0 atom stereocenters. The first-order valence-electron chi connectivity index (χ1n) is 6.71. The van der Waals surface area contributed by atoms with Crippen LogP contribution in [0.4, 0.5) is 5.82 Å². The summed E-state index contributed by atoms with van der Waals surface area (Å²) in [6.45, 7) is 2.02. The van der Waals surface area contributed by atoms with E-state index in [1.807, 2.05) is 37.3 Å². The molecule has 3 aromatic rings. The van der Waals surface area contributed by atoms with Gasteiger partial charge in [-0.25, -0.2) is 9.97 Å². The molecule has 0 fully saturated rings. The van der Waals surface area contributed by atoms with E-state index in [0.29, 0.717) is 12.2 Å². The maximum absolute atomic E-state index is 5.81. The van der Waals surface area contributed by atoms with Crippen molar-refractivity contribution in [1.82, 2.24) is 15.0 Å². The molecule has 0 aliphatic heterocycles. The number of benzene rings is 1. The number of hydrogen-bond acceptors (Lipinski definition) is 4. The lowest BCUT2D eigenvalue weighted by Gasteiger charge is -2.05. The summed E-state index contributed by atoms with van der Waals surface area (Å²) in [6.07, 6.45) is 1.45. The van der Waals surface area contributed by atoms with E-state index in [-0.39, 0.29) is 0 Å². The van der Waals surface area contributed by atoms with Crippen LogP contribution < -0.4 is 5.73 Å². The zero-order chi connectivity index (χ0) is 13.9. The van der Waals surface area contributed by atoms with Crippen molar-refractivity contribution in [2.45, 2.75) is 19.8 Å². The monoisotopic (exact) mass is 264 g/mol. The van der Waals surface area contributed by atoms with E-state index in [2.05, 4.69) is 27.1 Å². The molecule has 0 saturated carbocycles. The van der Waals surface area contributed by atoms with Crippen molar-refractivity contribution >= 4 is 16.7 Å². The standard InChI is InChI=1S/C16H16N4/c1-2-16-19-13(10-15(17)20-16)9-12-8-7-11-5-3-4-6-14(11)18-12/h3-8,10H,2,9H2,1H3,(H2,17,19,20). The van der Waals surface area contributed by atoms with Crippen molar-refractivity contribution < 1.29 is 0 Å². The molecule has 0 saturated heterocycles. The lowest BCUT2D eigenvalue weighted by molar-refractivity contribution is 0.895. The number of pyridine rings is 1. The molecule has 20 heavy (non-hydrogen) atoms. The van der Waals surface area contributed by atoms with Gasteiger partial charge in [-0.15, -0.1) is 0 Å². The van der Waals surface area contributed by atoms with Gasteiger partial charge in [0.25, 0.3) is 0 Å². The second-order valence-electron chi connectivity index (χ2n) is 4.73. The third-order valence-corrected chi connectivity index (χ3v) is 3.18. The summed E-state index contributed by atoms with van der Waals surface area (Å²) in [5.41, 5.74) is 8.71. The number of para-hydroxylation sites is 1. The molecule has 2 heterocycles. The van der Waals surface area contributed by atoms with Crippen LogP contribution >= 0.6 is 0 Å². The average molecular weight is 264 g/mol. The zero-order valence-electron chi connectivity index (χ0n) is 11.4. The highest BCUT2D eigenvalue weighted by Gasteiger charge is 2.04. The molecule has 0 aliphatic rings. The zero-order valence-corrected chi connectivity index (χ0v) is 11.4. The number of hydrogen-bond donors (Lipinski definition) is 1. The van der Waals surface area contributed by atoms with Crippen molar-refractivity contribution in [3.8, 4) is 0 Å². The Hall–Kier alpha value is -2.49. The highest BCUT2D eigenvalue weighted by Crippen LogP contribution is 2.14. The van der Waals surface area contributed by atoms with Gasteiger partial charge < -0.3 is 5.73 Å². The summed E-state index contributed by atoms with van der Waals surface area (Å²) in [6, 6.07) is 14.0. The van der Waals surface area contributed by atoms with Crippen LogP contribution in [0.25, 0.3) is 10.9 Å². The Bertz CT molecular complexity index is 752. The van der Waals surface area contributed by atoms with Crippen LogP contribution in [0.2, 0.25) is 0 Å². The van der Waals surface area contributed by atoms with Crippen LogP contribution in [-0.2, 0) is 12.8 Å². The number of aromatic nitrogens is 3. The molecule has 4 nitrogen and oxygen atoms in total. The number of rotatable bonds is 3. The van der Waals surface area contributed by atoms with Crippen LogP contribution in [-0.4, -0.2) is 15.0 Å². The SMILES string of the molecule is CCc1nc(N)cc(Cc2ccc3ccccc3n2)n1. The Balaban J connectivity index is 1.94. The van der Waals surface area contributed by atoms with Crippen LogP contribution in [0.15, 0.2) is 42.5 Å². The van der Waals surface area contributed by atoms with Crippen LogP contribution in [0.5, 0.6) is 0 Å². The molecule has 1 aromatic carbocycles. The fraction of sp³-hybridized carbons (Fsp3) is 0.188. The van der Waals surface area contributed by atoms with Gasteiger partial charge in [-0.3, -0.25) is 4.98 Å². The van der Waals surface area contributed by atoms with E-state index in [0.717, 1.165) is 34.5 Å². The van der Waals surface area contributed by atoms with Gasteiger partial charge in [-0.05, 0) is 12.1 Å². The molecule has 2 aromatic heterocycles. The normalized spacial score (nSPS) is 10.8. The quantitative estimate of drug-likeness (QED) is 0.790. The number of aryl methyl sites for hydroxylation is 1. The molecule has 0 radical (unpaired) electrons. The van der Waals surface area contributed by atoms with E-state index in [9.17, 15) is 0 Å². The highest BCUT2D eigenvalue weighted by molar-refractivity contribution is 5.78. The second kappa shape index (κ2) is 5.25. The van der Waals surface area contributed by atoms with Gasteiger partial charge in [0.1, 0.15) is 11.6 Å². The first kappa shape index (κ1) is 12.5. The van der Waals surface area contributed by atoms with Crippen molar-refractivity contribution in [3.63, 3.8) is 0 Å². The lowest BCUT2D eigenvalue weighted by Crippen LogP contribution is -2.04. The van der Waals surface area contributed by atoms with E-state index in [1.165, 1.54) is 0 Å². The molecule has 100 valence electrons. The fourth-order valence-electron chi connectivity index (χ4n) is 2.22. The third kappa shape index (κ3) is 2.59. The fourth-order valence-corrected chi connectivity index (χ4v) is 2.22. The molecule has 0 aliphatic carbocycles. The second-order valence-corrected chi connectivity index (χ2v) is 4.73. The molecule has 0 amide bonds. The Morgan fingerprint density at radius 2 is 1.80 bits per heavy atom. The van der Waals surface area contributed by atoms with Crippen LogP contribution in [0.1, 0.15) is 24.1 Å². The number of nitrogen functional groups attached to an aromatic ring is 1. The summed E-state index contributed by atoms with van der Waals surface area (Å²) < 4.78 is 0. The number of fused-ring (bicyclic) bond motifs is 1. The third-order valence-electron chi connectivity index (χ3n) is 3.18. The van der Waals surface area contributed by atoms with E-state index >= 15 is 0 Å². The molecule has 0 bridgehead atoms. The Kier molecular flexibility index (Phi) is 3.29. The topological polar surface area (TPSA) is 64.7 Å². The van der Waals surface area contributed by atoms with Gasteiger partial charge in [0.2, 0.25) is 0 Å². The predicted octanol–water partition coefficient (Wildman–Crippen LogP) is 2.76. The van der Waals surface area contributed by atoms with Crippen LogP contribution in [0.3, 0.4) is 0 Å². The van der Waals surface area contributed by atoms with E-state index in [4.69, 9.17) is 5.73 Å². The smallest absolute Gasteiger partial charge is 0.130 e. The highest BCUT2D eigenvalue weighted by atomic mass is 14.9. The van der Waals surface area contributed by atoms with Gasteiger partial charge in [0.05, 0.1) is 11.2 Å². The summed E-state index contributed by atoms with van der Waals surface area (Å²) in [7, 11) is 0. The van der Waals surface area contributed by atoms with E-state index in [1.54, 1.807) is 0 Å². The first-order valence-corrected chi connectivity index (χ1v) is 6.71. The van der Waals surface area contributed by atoms with Gasteiger partial charge in [0, 0.05) is 30.0 Å². The lowest BCUT2D eigenvalue weighted by atomic mass is 10.1. The van der Waals surface area contributed by atoms with Crippen molar-refractivity contribution in [1.29, 1.82) is 0 Å². The summed E-state index contributed by atoms with van der Waals surface area (Å²) in [5.74, 6) is 1.30. The van der Waals surface area contributed by atoms with E-state index < -0.39 is 0 Å². The molecule has 0 spiro atoms. The number of nitrogens with zero attached hydrogens (tertiary/aromatic N) is 3. The molecule has 4 heteroatoms. The predicted molar refractivity (Wildman–Crippen MR) is 80.4 cm³/mol. The van der Waals surface area contributed by atoms with Crippen molar-refractivity contribution in [2.75, 3.05) is 5.73 Å². The molecular formula is C16H16N4. The minimum absolute atomic E-state index is 0.521. The summed E-state index contributed by atoms with van der Waals surface area (Å²) in [5, 5.41) is 1.15. The number of anilines is 1. The molecule has 3 rings (SSSR count). The summed E-state index contributed by atoms with van der Waals surface area (Å²) in [4.78, 5) is 13.3. The largest absolute Gasteiger partial charge is 0.384 e. The molecule has 0 unspecified atom stereocenters. The van der Waals surface area contributed by atoms with Gasteiger partial charge in [-0.2, -0.15) is 0 Å². The van der Waals surface area contributed by atoms with Gasteiger partial charge in [-0.1, -0.05) is 31.2 Å². The van der Waals surface area contributed by atoms with Gasteiger partial charge >= 0.3 is 0 Å². The Labute approximate surface area is 117 Å². The Morgan fingerprint density at radius 3 is 2.65 bits per heavy atom. The minimum atomic E-state index is 0.521. The molecular weight excluding hydrogens is 248 g/mol. The average Bonchev–Trinajstić information content (AvgIpc) is 2.46. The number of nitrogens with two attached hydrogens (primary N) is 1. The maximum Gasteiger partial charge on any atom is 0.130 e. The van der Waals surface area contributed by atoms with Crippen molar-refractivity contribution in [2.24, 2.45) is 0 Å². The van der Waals surface area contributed by atoms with Gasteiger partial charge in [0.15, 0.2) is 0 Å². The molecule has 2 N–H and O–H groups in total. The summed E-state index contributed by atoms with van der Waals surface area (Å²) >= 11 is 0. The maximum atomic E-state index is 5.81. The Morgan fingerprint density at radius 1 is 0.950 bits per heavy atom. The van der Waals surface area contributed by atoms with Crippen LogP contribution in [0, 0.1) is 0 Å². The minimum Gasteiger partial charge on any atom is -0.384 e. The first-order chi connectivity index (χ1) is 9.74.